The molecule has 1 N–H and O–H groups in total. The highest BCUT2D eigenvalue weighted by atomic mass is 79.9. The van der Waals surface area contributed by atoms with Gasteiger partial charge < -0.3 is 14.8 Å². The molecule has 26 heavy (non-hydrogen) atoms. The lowest BCUT2D eigenvalue weighted by Crippen LogP contribution is -2.30. The van der Waals surface area contributed by atoms with Crippen molar-refractivity contribution in [2.24, 2.45) is 0 Å². The molecule has 0 spiro atoms. The first-order valence-electron chi connectivity index (χ1n) is 7.69. The predicted octanol–water partition coefficient (Wildman–Crippen LogP) is 3.41. The van der Waals surface area contributed by atoms with Crippen LogP contribution >= 0.6 is 15.9 Å². The zero-order chi connectivity index (χ0) is 18.3. The van der Waals surface area contributed by atoms with Crippen molar-refractivity contribution in [3.63, 3.8) is 0 Å². The molecule has 132 valence electrons. The van der Waals surface area contributed by atoms with Crippen LogP contribution in [-0.2, 0) is 11.3 Å². The smallest absolute Gasteiger partial charge is 0.329 e. The van der Waals surface area contributed by atoms with E-state index < -0.39 is 11.9 Å². The lowest BCUT2D eigenvalue weighted by molar-refractivity contribution is -0.123. The fourth-order valence-corrected chi connectivity index (χ4v) is 3.12. The van der Waals surface area contributed by atoms with Crippen molar-refractivity contribution in [2.45, 2.75) is 6.54 Å². The molecule has 0 radical (unpaired) electrons. The topological polar surface area (TPSA) is 67.9 Å². The standard InChI is InChI=1S/C18H12BrFN2O4/c19-13-7-16-15(25-9-26-16)6-11(13)5-14-17(23)22(18(24)21-14)8-10-1-3-12(20)4-2-10/h1-7H,8-9H2,(H,21,24)/b14-5-. The number of benzene rings is 2. The van der Waals surface area contributed by atoms with Gasteiger partial charge in [-0.15, -0.1) is 0 Å². The minimum absolute atomic E-state index is 0.0601. The van der Waals surface area contributed by atoms with Crippen LogP contribution in [0.1, 0.15) is 11.1 Å². The van der Waals surface area contributed by atoms with E-state index in [0.29, 0.717) is 27.1 Å². The summed E-state index contributed by atoms with van der Waals surface area (Å²) >= 11 is 3.41. The molecule has 4 rings (SSSR count). The number of hydrogen-bond acceptors (Lipinski definition) is 4. The quantitative estimate of drug-likeness (QED) is 0.612. The molecule has 0 aromatic heterocycles. The van der Waals surface area contributed by atoms with Gasteiger partial charge in [0.05, 0.1) is 6.54 Å². The molecule has 0 saturated carbocycles. The molecule has 3 amide bonds. The van der Waals surface area contributed by atoms with Gasteiger partial charge in [0.1, 0.15) is 11.5 Å². The van der Waals surface area contributed by atoms with E-state index in [4.69, 9.17) is 9.47 Å². The van der Waals surface area contributed by atoms with Crippen molar-refractivity contribution >= 4 is 33.9 Å². The third-order valence-corrected chi connectivity index (χ3v) is 4.69. The minimum atomic E-state index is -0.526. The number of urea groups is 1. The van der Waals surface area contributed by atoms with Crippen molar-refractivity contribution in [1.29, 1.82) is 0 Å². The highest BCUT2D eigenvalue weighted by molar-refractivity contribution is 9.10. The molecule has 2 aliphatic heterocycles. The van der Waals surface area contributed by atoms with E-state index in [-0.39, 0.29) is 24.9 Å². The zero-order valence-electron chi connectivity index (χ0n) is 13.3. The van der Waals surface area contributed by atoms with Crippen LogP contribution in [0.2, 0.25) is 0 Å². The van der Waals surface area contributed by atoms with Crippen LogP contribution in [0.25, 0.3) is 6.08 Å². The van der Waals surface area contributed by atoms with Gasteiger partial charge in [0.15, 0.2) is 11.5 Å². The van der Waals surface area contributed by atoms with E-state index in [0.717, 1.165) is 4.90 Å². The summed E-state index contributed by atoms with van der Waals surface area (Å²) < 4.78 is 24.3. The number of ether oxygens (including phenoxy) is 2. The Morgan fingerprint density at radius 1 is 1.15 bits per heavy atom. The Bertz CT molecular complexity index is 943. The normalized spacial score (nSPS) is 17.2. The molecule has 0 bridgehead atoms. The number of amides is 3. The Morgan fingerprint density at radius 2 is 1.85 bits per heavy atom. The van der Waals surface area contributed by atoms with Crippen LogP contribution in [-0.4, -0.2) is 23.6 Å². The van der Waals surface area contributed by atoms with Crippen LogP contribution in [0.4, 0.5) is 9.18 Å². The second-order valence-corrected chi connectivity index (χ2v) is 6.59. The monoisotopic (exact) mass is 418 g/mol. The second-order valence-electron chi connectivity index (χ2n) is 5.73. The maximum atomic E-state index is 13.0. The molecule has 2 aromatic carbocycles. The summed E-state index contributed by atoms with van der Waals surface area (Å²) in [6.45, 7) is 0.202. The van der Waals surface area contributed by atoms with E-state index in [1.54, 1.807) is 18.2 Å². The SMILES string of the molecule is O=C1N/C(=C\c2cc3c(cc2Br)OCO3)C(=O)N1Cc1ccc(F)cc1. The molecule has 2 aromatic rings. The zero-order valence-corrected chi connectivity index (χ0v) is 14.9. The molecule has 0 atom stereocenters. The number of halogens is 2. The molecule has 1 saturated heterocycles. The summed E-state index contributed by atoms with van der Waals surface area (Å²) in [5.74, 6) is 0.349. The lowest BCUT2D eigenvalue weighted by atomic mass is 10.1. The molecule has 6 nitrogen and oxygen atoms in total. The van der Waals surface area contributed by atoms with E-state index in [1.165, 1.54) is 24.3 Å². The van der Waals surface area contributed by atoms with Gasteiger partial charge in [-0.25, -0.2) is 9.18 Å². The van der Waals surface area contributed by atoms with Gasteiger partial charge in [0.25, 0.3) is 5.91 Å². The van der Waals surface area contributed by atoms with Gasteiger partial charge in [-0.2, -0.15) is 0 Å². The Hall–Kier alpha value is -2.87. The molecule has 8 heteroatoms. The Kier molecular flexibility index (Phi) is 4.12. The maximum Gasteiger partial charge on any atom is 0.329 e. The highest BCUT2D eigenvalue weighted by Crippen LogP contribution is 2.37. The van der Waals surface area contributed by atoms with Gasteiger partial charge in [-0.3, -0.25) is 9.69 Å². The van der Waals surface area contributed by atoms with Gasteiger partial charge in [0.2, 0.25) is 6.79 Å². The minimum Gasteiger partial charge on any atom is -0.454 e. The lowest BCUT2D eigenvalue weighted by Gasteiger charge is -2.11. The highest BCUT2D eigenvalue weighted by Gasteiger charge is 2.33. The van der Waals surface area contributed by atoms with Crippen molar-refractivity contribution in [3.8, 4) is 11.5 Å². The maximum absolute atomic E-state index is 13.0. The molecule has 1 fully saturated rings. The average Bonchev–Trinajstić information content (AvgIpc) is 3.16. The summed E-state index contributed by atoms with van der Waals surface area (Å²) in [7, 11) is 0. The molecule has 2 heterocycles. The van der Waals surface area contributed by atoms with Gasteiger partial charge in [0, 0.05) is 4.47 Å². The number of imide groups is 1. The fourth-order valence-electron chi connectivity index (χ4n) is 2.69. The summed E-state index contributed by atoms with van der Waals surface area (Å²) in [6, 6.07) is 8.58. The summed E-state index contributed by atoms with van der Waals surface area (Å²) in [5, 5.41) is 2.56. The first-order valence-corrected chi connectivity index (χ1v) is 8.49. The molecule has 0 aliphatic carbocycles. The van der Waals surface area contributed by atoms with E-state index in [2.05, 4.69) is 21.2 Å². The molecule has 0 unspecified atom stereocenters. The van der Waals surface area contributed by atoms with Crippen LogP contribution < -0.4 is 14.8 Å². The van der Waals surface area contributed by atoms with Gasteiger partial charge >= 0.3 is 6.03 Å². The number of carbonyl (C=O) groups excluding carboxylic acids is 2. The van der Waals surface area contributed by atoms with Crippen LogP contribution in [0, 0.1) is 5.82 Å². The largest absolute Gasteiger partial charge is 0.454 e. The Balaban J connectivity index is 1.59. The third-order valence-electron chi connectivity index (χ3n) is 4.01. The number of nitrogens with one attached hydrogen (secondary N) is 1. The number of nitrogens with zero attached hydrogens (tertiary/aromatic N) is 1. The number of fused-ring (bicyclic) bond motifs is 1. The van der Waals surface area contributed by atoms with Gasteiger partial charge in [-0.05, 0) is 41.5 Å². The summed E-state index contributed by atoms with van der Waals surface area (Å²) in [5.41, 5.74) is 1.47. The molecule has 2 aliphatic rings. The summed E-state index contributed by atoms with van der Waals surface area (Å²) in [6.07, 6.45) is 1.57. The number of carbonyl (C=O) groups is 2. The van der Waals surface area contributed by atoms with E-state index in [1.807, 2.05) is 0 Å². The first kappa shape index (κ1) is 16.6. The van der Waals surface area contributed by atoms with Crippen LogP contribution in [0.3, 0.4) is 0 Å². The third kappa shape index (κ3) is 3.03. The van der Waals surface area contributed by atoms with E-state index >= 15 is 0 Å². The van der Waals surface area contributed by atoms with Crippen molar-refractivity contribution in [1.82, 2.24) is 10.2 Å². The van der Waals surface area contributed by atoms with Crippen molar-refractivity contribution in [3.05, 3.63) is 63.5 Å². The predicted molar refractivity (Wildman–Crippen MR) is 93.7 cm³/mol. The fraction of sp³-hybridized carbons (Fsp3) is 0.111. The Labute approximate surface area is 156 Å². The Morgan fingerprint density at radius 3 is 2.58 bits per heavy atom. The second kappa shape index (κ2) is 6.45. The molecular formula is C18H12BrFN2O4. The number of hydrogen-bond donors (Lipinski definition) is 1. The average molecular weight is 419 g/mol. The van der Waals surface area contributed by atoms with Crippen LogP contribution in [0.15, 0.2) is 46.6 Å². The summed E-state index contributed by atoms with van der Waals surface area (Å²) in [4.78, 5) is 25.8. The first-order chi connectivity index (χ1) is 12.5. The van der Waals surface area contributed by atoms with Crippen molar-refractivity contribution < 1.29 is 23.5 Å². The van der Waals surface area contributed by atoms with Gasteiger partial charge in [-0.1, -0.05) is 28.1 Å². The van der Waals surface area contributed by atoms with Crippen molar-refractivity contribution in [2.75, 3.05) is 6.79 Å². The van der Waals surface area contributed by atoms with E-state index in [9.17, 15) is 14.0 Å². The number of rotatable bonds is 3. The van der Waals surface area contributed by atoms with Crippen LogP contribution in [0.5, 0.6) is 11.5 Å². The molecular weight excluding hydrogens is 407 g/mol.